The maximum atomic E-state index is 13.0. The van der Waals surface area contributed by atoms with Crippen LogP contribution in [0, 0.1) is 0 Å². The van der Waals surface area contributed by atoms with Crippen LogP contribution in [0.15, 0.2) is 76.5 Å². The molecule has 156 valence electrons. The molecule has 0 bridgehead atoms. The second-order valence-corrected chi connectivity index (χ2v) is 8.80. The van der Waals surface area contributed by atoms with Crippen LogP contribution in [0.25, 0.3) is 11.1 Å². The zero-order valence-electron chi connectivity index (χ0n) is 15.2. The van der Waals surface area contributed by atoms with Crippen LogP contribution in [0.2, 0.25) is 5.02 Å². The van der Waals surface area contributed by atoms with Gasteiger partial charge in [-0.2, -0.15) is 13.2 Å². The summed E-state index contributed by atoms with van der Waals surface area (Å²) in [6.45, 7) is 0. The van der Waals surface area contributed by atoms with E-state index in [1.165, 1.54) is 54.6 Å². The number of alkyl halides is 3. The molecule has 0 aliphatic heterocycles. The SMILES string of the molecule is O=C(O)Cc1cccc(S(=O)(=O)c2cccc(-c3ccc(C(F)(F)F)cc3Cl)c2)c1. The van der Waals surface area contributed by atoms with Gasteiger partial charge in [0.1, 0.15) is 0 Å². The Morgan fingerprint density at radius 1 is 0.933 bits per heavy atom. The summed E-state index contributed by atoms with van der Waals surface area (Å²) in [5.74, 6) is -1.09. The van der Waals surface area contributed by atoms with Crippen LogP contribution >= 0.6 is 11.6 Å². The summed E-state index contributed by atoms with van der Waals surface area (Å²) < 4.78 is 64.5. The molecule has 3 aromatic carbocycles. The largest absolute Gasteiger partial charge is 0.481 e. The van der Waals surface area contributed by atoms with E-state index in [-0.39, 0.29) is 26.8 Å². The van der Waals surface area contributed by atoms with E-state index in [1.807, 2.05) is 0 Å². The highest BCUT2D eigenvalue weighted by atomic mass is 35.5. The quantitative estimate of drug-likeness (QED) is 0.553. The van der Waals surface area contributed by atoms with E-state index >= 15 is 0 Å². The molecule has 0 aliphatic carbocycles. The van der Waals surface area contributed by atoms with Crippen LogP contribution in [0.3, 0.4) is 0 Å². The number of carboxylic acid groups (broad SMARTS) is 1. The van der Waals surface area contributed by atoms with Gasteiger partial charge in [0.15, 0.2) is 0 Å². The van der Waals surface area contributed by atoms with Gasteiger partial charge in [-0.3, -0.25) is 4.79 Å². The molecule has 1 N–H and O–H groups in total. The lowest BCUT2D eigenvalue weighted by Crippen LogP contribution is -2.05. The predicted octanol–water partition coefficient (Wildman–Crippen LogP) is 5.49. The summed E-state index contributed by atoms with van der Waals surface area (Å²) in [7, 11) is -3.99. The minimum Gasteiger partial charge on any atom is -0.481 e. The Morgan fingerprint density at radius 2 is 1.57 bits per heavy atom. The van der Waals surface area contributed by atoms with Gasteiger partial charge in [-0.05, 0) is 47.5 Å². The van der Waals surface area contributed by atoms with Gasteiger partial charge in [-0.25, -0.2) is 8.42 Å². The first-order valence-electron chi connectivity index (χ1n) is 8.51. The van der Waals surface area contributed by atoms with E-state index in [0.29, 0.717) is 11.1 Å². The summed E-state index contributed by atoms with van der Waals surface area (Å²) >= 11 is 6.02. The van der Waals surface area contributed by atoms with E-state index in [1.54, 1.807) is 0 Å². The van der Waals surface area contributed by atoms with E-state index in [4.69, 9.17) is 16.7 Å². The van der Waals surface area contributed by atoms with Crippen molar-refractivity contribution in [3.8, 4) is 11.1 Å². The van der Waals surface area contributed by atoms with Gasteiger partial charge in [-0.15, -0.1) is 0 Å². The molecule has 0 radical (unpaired) electrons. The molecular weight excluding hydrogens is 441 g/mol. The number of hydrogen-bond donors (Lipinski definition) is 1. The third-order valence-corrected chi connectivity index (χ3v) is 6.38. The highest BCUT2D eigenvalue weighted by molar-refractivity contribution is 7.91. The van der Waals surface area contributed by atoms with Crippen LogP contribution in [0.4, 0.5) is 13.2 Å². The lowest BCUT2D eigenvalue weighted by Gasteiger charge is -2.12. The number of sulfone groups is 1. The zero-order chi connectivity index (χ0) is 22.1. The van der Waals surface area contributed by atoms with Gasteiger partial charge in [0.05, 0.1) is 21.8 Å². The van der Waals surface area contributed by atoms with Crippen LogP contribution in [-0.4, -0.2) is 19.5 Å². The predicted molar refractivity (Wildman–Crippen MR) is 105 cm³/mol. The minimum atomic E-state index is -4.55. The monoisotopic (exact) mass is 454 g/mol. The molecule has 4 nitrogen and oxygen atoms in total. The molecule has 0 amide bonds. The van der Waals surface area contributed by atoms with Gasteiger partial charge >= 0.3 is 12.1 Å². The number of halogens is 4. The number of carboxylic acids is 1. The van der Waals surface area contributed by atoms with Crippen molar-refractivity contribution >= 4 is 27.4 Å². The second-order valence-electron chi connectivity index (χ2n) is 6.44. The van der Waals surface area contributed by atoms with Gasteiger partial charge in [0, 0.05) is 10.6 Å². The van der Waals surface area contributed by atoms with Crippen LogP contribution in [0.1, 0.15) is 11.1 Å². The van der Waals surface area contributed by atoms with Crippen molar-refractivity contribution in [1.29, 1.82) is 0 Å². The molecule has 0 saturated heterocycles. The summed E-state index contributed by atoms with van der Waals surface area (Å²) in [6.07, 6.45) is -4.88. The molecule has 0 heterocycles. The molecule has 0 atom stereocenters. The molecular formula is C21H14ClF3O4S. The highest BCUT2D eigenvalue weighted by Crippen LogP contribution is 2.36. The lowest BCUT2D eigenvalue weighted by molar-refractivity contribution is -0.138. The Hall–Kier alpha value is -2.84. The molecule has 30 heavy (non-hydrogen) atoms. The third kappa shape index (κ3) is 4.66. The molecule has 0 fully saturated rings. The summed E-state index contributed by atoms with van der Waals surface area (Å²) in [6, 6.07) is 14.1. The second kappa shape index (κ2) is 8.12. The molecule has 0 spiro atoms. The van der Waals surface area contributed by atoms with Crippen molar-refractivity contribution < 1.29 is 31.5 Å². The van der Waals surface area contributed by atoms with Gasteiger partial charge in [0.2, 0.25) is 9.84 Å². The number of aliphatic carboxylic acids is 1. The fourth-order valence-electron chi connectivity index (χ4n) is 2.89. The van der Waals surface area contributed by atoms with E-state index < -0.39 is 27.5 Å². The number of benzene rings is 3. The van der Waals surface area contributed by atoms with Gasteiger partial charge in [0.25, 0.3) is 0 Å². The van der Waals surface area contributed by atoms with E-state index in [0.717, 1.165) is 12.1 Å². The van der Waals surface area contributed by atoms with Crippen LogP contribution < -0.4 is 0 Å². The molecule has 9 heteroatoms. The third-order valence-electron chi connectivity index (χ3n) is 4.32. The van der Waals surface area contributed by atoms with Crippen molar-refractivity contribution in [1.82, 2.24) is 0 Å². The molecule has 0 aromatic heterocycles. The first-order chi connectivity index (χ1) is 14.0. The first kappa shape index (κ1) is 21.9. The lowest BCUT2D eigenvalue weighted by atomic mass is 10.0. The van der Waals surface area contributed by atoms with Crippen LogP contribution in [-0.2, 0) is 27.2 Å². The average Bonchev–Trinajstić information content (AvgIpc) is 2.67. The molecule has 0 aliphatic rings. The fourth-order valence-corrected chi connectivity index (χ4v) is 4.56. The first-order valence-corrected chi connectivity index (χ1v) is 10.4. The van der Waals surface area contributed by atoms with E-state index in [9.17, 15) is 26.4 Å². The highest BCUT2D eigenvalue weighted by Gasteiger charge is 2.31. The van der Waals surface area contributed by atoms with Crippen molar-refractivity contribution in [2.45, 2.75) is 22.4 Å². The normalized spacial score (nSPS) is 12.0. The Bertz CT molecular complexity index is 1220. The zero-order valence-corrected chi connectivity index (χ0v) is 16.7. The van der Waals surface area contributed by atoms with Crippen molar-refractivity contribution in [3.63, 3.8) is 0 Å². The Kier molecular flexibility index (Phi) is 5.92. The Morgan fingerprint density at radius 3 is 2.17 bits per heavy atom. The van der Waals surface area contributed by atoms with Crippen molar-refractivity contribution in [3.05, 3.63) is 82.9 Å². The van der Waals surface area contributed by atoms with Gasteiger partial charge < -0.3 is 5.11 Å². The summed E-state index contributed by atoms with van der Waals surface area (Å²) in [4.78, 5) is 10.7. The van der Waals surface area contributed by atoms with Crippen molar-refractivity contribution in [2.75, 3.05) is 0 Å². The maximum absolute atomic E-state index is 13.0. The van der Waals surface area contributed by atoms with Crippen molar-refractivity contribution in [2.24, 2.45) is 0 Å². The molecule has 3 aromatic rings. The summed E-state index contributed by atoms with van der Waals surface area (Å²) in [5, 5.41) is 8.74. The number of hydrogen-bond acceptors (Lipinski definition) is 3. The Balaban J connectivity index is 2.02. The average molecular weight is 455 g/mol. The maximum Gasteiger partial charge on any atom is 0.416 e. The molecule has 3 rings (SSSR count). The standard InChI is InChI=1S/C21H14ClF3O4S/c22-19-12-15(21(23,24)25)7-8-18(19)14-4-2-6-17(11-14)30(28,29)16-5-1-3-13(9-16)10-20(26)27/h1-9,11-12H,10H2,(H,26,27). The van der Waals surface area contributed by atoms with E-state index in [2.05, 4.69) is 0 Å². The van der Waals surface area contributed by atoms with Crippen LogP contribution in [0.5, 0.6) is 0 Å². The molecule has 0 saturated carbocycles. The Labute approximate surface area is 175 Å². The minimum absolute atomic E-state index is 0.0862. The smallest absolute Gasteiger partial charge is 0.416 e. The number of carbonyl (C=O) groups is 1. The fraction of sp³-hybridized carbons (Fsp3) is 0.0952. The van der Waals surface area contributed by atoms with Gasteiger partial charge in [-0.1, -0.05) is 41.9 Å². The number of rotatable bonds is 5. The summed E-state index contributed by atoms with van der Waals surface area (Å²) in [5.41, 5.74) is -0.00128. The topological polar surface area (TPSA) is 71.4 Å². The molecule has 0 unspecified atom stereocenters.